The molecule has 4 heterocycles. The smallest absolute Gasteiger partial charge is 0.411 e. The van der Waals surface area contributed by atoms with Gasteiger partial charge < -0.3 is 19.3 Å². The van der Waals surface area contributed by atoms with Crippen molar-refractivity contribution in [2.24, 2.45) is 0 Å². The lowest BCUT2D eigenvalue weighted by Crippen LogP contribution is -2.43. The molecule has 0 fully saturated rings. The van der Waals surface area contributed by atoms with Crippen LogP contribution >= 0.6 is 11.3 Å². The topological polar surface area (TPSA) is 120 Å². The molecule has 5 aromatic rings. The number of thiazole rings is 1. The number of amides is 1. The molecule has 0 saturated heterocycles. The van der Waals surface area contributed by atoms with Crippen molar-refractivity contribution in [1.82, 2.24) is 19.9 Å². The zero-order chi connectivity index (χ0) is 27.3. The molecular weight excluding hydrogens is 525 g/mol. The summed E-state index contributed by atoms with van der Waals surface area (Å²) in [5, 5.41) is 10.3. The Balaban J connectivity index is 1.35. The highest BCUT2D eigenvalue weighted by atomic mass is 32.1. The van der Waals surface area contributed by atoms with E-state index in [0.29, 0.717) is 49.3 Å². The van der Waals surface area contributed by atoms with E-state index in [9.17, 15) is 9.90 Å². The van der Waals surface area contributed by atoms with Crippen molar-refractivity contribution in [3.63, 3.8) is 0 Å². The number of anilines is 1. The van der Waals surface area contributed by atoms with E-state index in [1.165, 1.54) is 30.7 Å². The molecule has 39 heavy (non-hydrogen) atoms. The molecule has 10 nitrogen and oxygen atoms in total. The lowest BCUT2D eigenvalue weighted by molar-refractivity contribution is 0.0957. The number of aryl methyl sites for hydroxylation is 2. The molecule has 2 aromatic carbocycles. The summed E-state index contributed by atoms with van der Waals surface area (Å²) >= 11 is 1.26. The second-order valence-corrected chi connectivity index (χ2v) is 10.1. The number of rotatable bonds is 5. The summed E-state index contributed by atoms with van der Waals surface area (Å²) in [6.07, 6.45) is 1.27. The maximum absolute atomic E-state index is 15.3. The molecule has 1 atom stereocenters. The van der Waals surface area contributed by atoms with E-state index < -0.39 is 18.0 Å². The van der Waals surface area contributed by atoms with Crippen LogP contribution in [0.5, 0.6) is 17.4 Å². The fourth-order valence-corrected chi connectivity index (χ4v) is 5.61. The summed E-state index contributed by atoms with van der Waals surface area (Å²) in [5.74, 6) is 0.392. The predicted octanol–water partition coefficient (Wildman–Crippen LogP) is 5.39. The van der Waals surface area contributed by atoms with Crippen LogP contribution < -0.4 is 19.1 Å². The lowest BCUT2D eigenvalue weighted by Gasteiger charge is -2.30. The van der Waals surface area contributed by atoms with Crippen LogP contribution in [-0.2, 0) is 0 Å². The van der Waals surface area contributed by atoms with Crippen molar-refractivity contribution in [3.8, 4) is 28.0 Å². The minimum Gasteiger partial charge on any atom is -0.484 e. The number of ether oxygens (including phenoxy) is 3. The number of carbonyl (C=O) groups is 1. The van der Waals surface area contributed by atoms with Crippen LogP contribution in [0.4, 0.5) is 14.9 Å². The third-order valence-corrected chi connectivity index (χ3v) is 7.35. The monoisotopic (exact) mass is 547 g/mol. The summed E-state index contributed by atoms with van der Waals surface area (Å²) in [7, 11) is 1.53. The third kappa shape index (κ3) is 4.52. The van der Waals surface area contributed by atoms with Gasteiger partial charge in [0.15, 0.2) is 23.4 Å². The molecule has 1 aliphatic heterocycles. The number of fused-ring (bicyclic) bond motifs is 4. The Hall–Kier alpha value is -4.58. The molecule has 3 aromatic heterocycles. The lowest BCUT2D eigenvalue weighted by atomic mass is 10.1. The highest BCUT2D eigenvalue weighted by Gasteiger charge is 2.30. The van der Waals surface area contributed by atoms with Gasteiger partial charge in [-0.1, -0.05) is 0 Å². The van der Waals surface area contributed by atoms with E-state index in [4.69, 9.17) is 14.2 Å². The van der Waals surface area contributed by atoms with Crippen molar-refractivity contribution in [2.75, 3.05) is 25.2 Å². The van der Waals surface area contributed by atoms with Crippen LogP contribution in [0.2, 0.25) is 0 Å². The first-order valence-corrected chi connectivity index (χ1v) is 12.8. The fraction of sp³-hybridized carbons (Fsp3) is 0.222. The quantitative estimate of drug-likeness (QED) is 0.309. The second-order valence-electron chi connectivity index (χ2n) is 9.07. The standard InChI is InChI=1S/C27H22FN5O5S/c1-13-6-17(22-19(7-13)31-21(36-3)10-30-22)26-32-23-18(28)9-20-24(25(23)39-26)37-12-16(38-20)11-33(27(34)35)15-4-5-29-14(2)8-15/h4-10,16H,11-12H2,1-3H3,(H,34,35)/t16-/m1/s1. The van der Waals surface area contributed by atoms with Gasteiger partial charge in [-0.2, -0.15) is 0 Å². The van der Waals surface area contributed by atoms with Gasteiger partial charge in [-0.3, -0.25) is 9.88 Å². The largest absolute Gasteiger partial charge is 0.484 e. The minimum atomic E-state index is -1.14. The SMILES string of the molecule is COc1cnc2c(-c3nc4c(F)cc5c(c4s3)OC[C@@H](CN(C(=O)O)c3ccnc(C)c3)O5)cc(C)cc2n1. The Morgan fingerprint density at radius 2 is 2.05 bits per heavy atom. The number of aromatic nitrogens is 4. The second kappa shape index (κ2) is 9.62. The van der Waals surface area contributed by atoms with E-state index in [0.717, 1.165) is 10.5 Å². The van der Waals surface area contributed by atoms with Gasteiger partial charge in [-0.05, 0) is 43.7 Å². The van der Waals surface area contributed by atoms with Gasteiger partial charge in [0, 0.05) is 23.5 Å². The van der Waals surface area contributed by atoms with Crippen LogP contribution in [0, 0.1) is 19.7 Å². The van der Waals surface area contributed by atoms with Crippen molar-refractivity contribution in [2.45, 2.75) is 20.0 Å². The first-order chi connectivity index (χ1) is 18.8. The van der Waals surface area contributed by atoms with Gasteiger partial charge in [-0.25, -0.2) is 24.1 Å². The number of hydrogen-bond donors (Lipinski definition) is 1. The highest BCUT2D eigenvalue weighted by molar-refractivity contribution is 7.22. The number of carboxylic acid groups (broad SMARTS) is 1. The number of hydrogen-bond acceptors (Lipinski definition) is 9. The van der Waals surface area contributed by atoms with E-state index in [-0.39, 0.29) is 24.4 Å². The molecule has 0 radical (unpaired) electrons. The van der Waals surface area contributed by atoms with Crippen molar-refractivity contribution in [3.05, 3.63) is 59.8 Å². The van der Waals surface area contributed by atoms with Crippen molar-refractivity contribution < 1.29 is 28.5 Å². The molecule has 0 unspecified atom stereocenters. The van der Waals surface area contributed by atoms with Gasteiger partial charge in [0.1, 0.15) is 21.8 Å². The van der Waals surface area contributed by atoms with Crippen LogP contribution in [0.1, 0.15) is 11.3 Å². The molecule has 1 N–H and O–H groups in total. The Bertz CT molecular complexity index is 1760. The third-order valence-electron chi connectivity index (χ3n) is 6.27. The first kappa shape index (κ1) is 24.7. The molecule has 12 heteroatoms. The van der Waals surface area contributed by atoms with Crippen molar-refractivity contribution >= 4 is 44.4 Å². The van der Waals surface area contributed by atoms with Gasteiger partial charge in [0.2, 0.25) is 5.88 Å². The summed E-state index contributed by atoms with van der Waals surface area (Å²) < 4.78 is 33.1. The zero-order valence-electron chi connectivity index (χ0n) is 21.1. The van der Waals surface area contributed by atoms with Crippen LogP contribution in [0.25, 0.3) is 31.8 Å². The number of methoxy groups -OCH3 is 1. The average molecular weight is 548 g/mol. The van der Waals surface area contributed by atoms with E-state index in [2.05, 4.69) is 19.9 Å². The fourth-order valence-electron chi connectivity index (χ4n) is 4.52. The molecule has 0 spiro atoms. The number of benzene rings is 2. The summed E-state index contributed by atoms with van der Waals surface area (Å²) in [6.45, 7) is 3.78. The minimum absolute atomic E-state index is 0.0107. The molecule has 0 bridgehead atoms. The molecule has 1 aliphatic rings. The van der Waals surface area contributed by atoms with Crippen molar-refractivity contribution in [1.29, 1.82) is 0 Å². The van der Waals surface area contributed by atoms with E-state index in [1.54, 1.807) is 25.3 Å². The Morgan fingerprint density at radius 3 is 2.82 bits per heavy atom. The molecule has 0 aliphatic carbocycles. The summed E-state index contributed by atoms with van der Waals surface area (Å²) in [5.41, 5.74) is 4.22. The first-order valence-electron chi connectivity index (χ1n) is 12.0. The Labute approximate surface area is 225 Å². The summed E-state index contributed by atoms with van der Waals surface area (Å²) in [6, 6.07) is 8.34. The predicted molar refractivity (Wildman–Crippen MR) is 144 cm³/mol. The summed E-state index contributed by atoms with van der Waals surface area (Å²) in [4.78, 5) is 30.8. The van der Waals surface area contributed by atoms with Crippen LogP contribution in [0.3, 0.4) is 0 Å². The highest BCUT2D eigenvalue weighted by Crippen LogP contribution is 2.45. The van der Waals surface area contributed by atoms with Gasteiger partial charge >= 0.3 is 6.09 Å². The molecular formula is C27H22FN5O5S. The average Bonchev–Trinajstić information content (AvgIpc) is 3.37. The van der Waals surface area contributed by atoms with Crippen LogP contribution in [-0.4, -0.2) is 57.5 Å². The molecule has 1 amide bonds. The van der Waals surface area contributed by atoms with Gasteiger partial charge in [0.25, 0.3) is 0 Å². The Kier molecular flexibility index (Phi) is 6.10. The molecule has 6 rings (SSSR count). The molecule has 198 valence electrons. The van der Waals surface area contributed by atoms with E-state index in [1.807, 2.05) is 19.1 Å². The zero-order valence-corrected chi connectivity index (χ0v) is 22.0. The van der Waals surface area contributed by atoms with Gasteiger partial charge in [-0.15, -0.1) is 11.3 Å². The normalized spacial score (nSPS) is 14.5. The molecule has 0 saturated carbocycles. The Morgan fingerprint density at radius 1 is 1.21 bits per heavy atom. The number of pyridine rings is 1. The van der Waals surface area contributed by atoms with E-state index >= 15 is 4.39 Å². The van der Waals surface area contributed by atoms with Crippen LogP contribution in [0.15, 0.2) is 42.7 Å². The maximum atomic E-state index is 15.3. The number of halogens is 1. The van der Waals surface area contributed by atoms with Gasteiger partial charge in [0.05, 0.1) is 36.6 Å². The number of nitrogens with zero attached hydrogens (tertiary/aromatic N) is 5. The maximum Gasteiger partial charge on any atom is 0.411 e.